The van der Waals surface area contributed by atoms with E-state index in [0.29, 0.717) is 24.6 Å². The number of amidine groups is 1. The number of nitrogens with zero attached hydrogens (tertiary/aromatic N) is 8. The number of carbonyl (C=O) groups excluding carboxylic acids is 1. The number of rotatable bonds is 11. The summed E-state index contributed by atoms with van der Waals surface area (Å²) in [6, 6.07) is 32.1. The van der Waals surface area contributed by atoms with Crippen LogP contribution in [0.1, 0.15) is 37.3 Å². The number of aromatic amines is 2. The molecule has 1 atom stereocenters. The zero-order valence-electron chi connectivity index (χ0n) is 25.3. The summed E-state index contributed by atoms with van der Waals surface area (Å²) in [4.78, 5) is 20.6. The summed E-state index contributed by atoms with van der Waals surface area (Å²) in [6.45, 7) is 2.64. The van der Waals surface area contributed by atoms with Crippen molar-refractivity contribution < 1.29 is 4.79 Å². The highest BCUT2D eigenvalue weighted by Crippen LogP contribution is 2.32. The zero-order chi connectivity index (χ0) is 31.3. The molecular weight excluding hydrogens is 576 g/mol. The van der Waals surface area contributed by atoms with E-state index in [-0.39, 0.29) is 5.91 Å². The van der Waals surface area contributed by atoms with E-state index >= 15 is 0 Å². The van der Waals surface area contributed by atoms with E-state index < -0.39 is 6.04 Å². The molecule has 0 bridgehead atoms. The number of carbonyl (C=O) groups is 1. The third-order valence-electron chi connectivity index (χ3n) is 8.25. The number of nitrogens with one attached hydrogen (secondary N) is 2. The Morgan fingerprint density at radius 1 is 0.674 bits per heavy atom. The highest BCUT2D eigenvalue weighted by molar-refractivity contribution is 6.06. The number of tetrazole rings is 2. The standard InChI is InChI=1S/C35H32N10O/c1-2-3-12-32-36-31(21-23-13-17-25(18-14-23)27-8-4-6-10-29(27)33-37-41-42-38-33)35(46)45(32)22-24-15-19-26(20-16-24)28-9-5-7-11-30(28)34-39-43-44-40-34/h4-11,13-20,31H,2-3,12,21-22H2,1H3,(H,37,38,41,42)(H,39,40,43,44). The minimum absolute atomic E-state index is 0.0455. The molecule has 0 spiro atoms. The maximum atomic E-state index is 13.8. The monoisotopic (exact) mass is 608 g/mol. The molecular formula is C35H32N10O. The molecule has 11 heteroatoms. The van der Waals surface area contributed by atoms with Gasteiger partial charge in [-0.1, -0.05) is 110 Å². The second-order valence-corrected chi connectivity index (χ2v) is 11.2. The molecule has 0 saturated carbocycles. The van der Waals surface area contributed by atoms with Crippen LogP contribution in [0.5, 0.6) is 0 Å². The molecule has 228 valence electrons. The van der Waals surface area contributed by atoms with Crippen LogP contribution in [0.25, 0.3) is 45.0 Å². The molecule has 1 aliphatic heterocycles. The Morgan fingerprint density at radius 2 is 1.20 bits per heavy atom. The normalized spacial score (nSPS) is 14.5. The molecule has 4 aromatic carbocycles. The lowest BCUT2D eigenvalue weighted by Crippen LogP contribution is -2.35. The summed E-state index contributed by atoms with van der Waals surface area (Å²) < 4.78 is 0. The van der Waals surface area contributed by atoms with Gasteiger partial charge in [0.1, 0.15) is 11.9 Å². The lowest BCUT2D eigenvalue weighted by Gasteiger charge is -2.20. The quantitative estimate of drug-likeness (QED) is 0.186. The molecule has 3 heterocycles. The van der Waals surface area contributed by atoms with Gasteiger partial charge in [-0.3, -0.25) is 14.7 Å². The highest BCUT2D eigenvalue weighted by atomic mass is 16.2. The van der Waals surface area contributed by atoms with Gasteiger partial charge in [0.25, 0.3) is 5.91 Å². The number of unbranched alkanes of at least 4 members (excludes halogenated alkanes) is 1. The summed E-state index contributed by atoms with van der Waals surface area (Å²) in [5, 5.41) is 29.1. The van der Waals surface area contributed by atoms with Crippen molar-refractivity contribution in [2.24, 2.45) is 4.99 Å². The van der Waals surface area contributed by atoms with Crippen LogP contribution in [0.3, 0.4) is 0 Å². The predicted octanol–water partition coefficient (Wildman–Crippen LogP) is 5.92. The van der Waals surface area contributed by atoms with Crippen LogP contribution in [0.4, 0.5) is 0 Å². The molecule has 0 fully saturated rings. The van der Waals surface area contributed by atoms with E-state index in [4.69, 9.17) is 4.99 Å². The van der Waals surface area contributed by atoms with Crippen molar-refractivity contribution in [3.63, 3.8) is 0 Å². The van der Waals surface area contributed by atoms with Crippen molar-refractivity contribution in [1.29, 1.82) is 0 Å². The Bertz CT molecular complexity index is 1950. The molecule has 1 amide bonds. The van der Waals surface area contributed by atoms with Gasteiger partial charge in [0.05, 0.1) is 6.54 Å². The average molecular weight is 609 g/mol. The first-order valence-corrected chi connectivity index (χ1v) is 15.4. The summed E-state index contributed by atoms with van der Waals surface area (Å²) in [5.41, 5.74) is 8.02. The van der Waals surface area contributed by atoms with Gasteiger partial charge in [-0.25, -0.2) is 0 Å². The molecule has 0 saturated heterocycles. The molecule has 6 aromatic rings. The number of amides is 1. The van der Waals surface area contributed by atoms with Gasteiger partial charge in [-0.2, -0.15) is 10.4 Å². The molecule has 1 aliphatic rings. The van der Waals surface area contributed by atoms with Crippen molar-refractivity contribution in [2.75, 3.05) is 0 Å². The Hall–Kier alpha value is -5.84. The molecule has 0 aliphatic carbocycles. The number of hydrogen-bond donors (Lipinski definition) is 2. The number of hydrogen-bond acceptors (Lipinski definition) is 8. The zero-order valence-corrected chi connectivity index (χ0v) is 25.3. The van der Waals surface area contributed by atoms with Gasteiger partial charge in [0, 0.05) is 24.0 Å². The van der Waals surface area contributed by atoms with Crippen molar-refractivity contribution >= 4 is 11.7 Å². The fourth-order valence-corrected chi connectivity index (χ4v) is 5.88. The predicted molar refractivity (Wildman–Crippen MR) is 175 cm³/mol. The fourth-order valence-electron chi connectivity index (χ4n) is 5.88. The first kappa shape index (κ1) is 28.9. The van der Waals surface area contributed by atoms with Crippen LogP contribution in [0.2, 0.25) is 0 Å². The SMILES string of the molecule is CCCCC1=NC(Cc2ccc(-c3ccccc3-c3nn[nH]n3)cc2)C(=O)N1Cc1ccc(-c2ccccc2-c2nn[nH]n2)cc1. The van der Waals surface area contributed by atoms with Crippen LogP contribution in [-0.4, -0.2) is 63.9 Å². The van der Waals surface area contributed by atoms with Crippen molar-refractivity contribution in [3.05, 3.63) is 108 Å². The topological polar surface area (TPSA) is 142 Å². The van der Waals surface area contributed by atoms with Gasteiger partial charge in [0.15, 0.2) is 0 Å². The number of aromatic nitrogens is 8. The summed E-state index contributed by atoms with van der Waals surface area (Å²) in [7, 11) is 0. The van der Waals surface area contributed by atoms with Crippen LogP contribution in [0, 0.1) is 0 Å². The molecule has 2 N–H and O–H groups in total. The van der Waals surface area contributed by atoms with E-state index in [1.807, 2.05) is 53.4 Å². The highest BCUT2D eigenvalue weighted by Gasteiger charge is 2.34. The van der Waals surface area contributed by atoms with E-state index in [0.717, 1.165) is 69.6 Å². The second kappa shape index (κ2) is 13.0. The van der Waals surface area contributed by atoms with E-state index in [1.54, 1.807) is 0 Å². The van der Waals surface area contributed by atoms with Gasteiger partial charge < -0.3 is 0 Å². The minimum atomic E-state index is -0.439. The number of H-pyrrole nitrogens is 2. The minimum Gasteiger partial charge on any atom is -0.294 e. The van der Waals surface area contributed by atoms with Crippen LogP contribution >= 0.6 is 0 Å². The van der Waals surface area contributed by atoms with E-state index in [2.05, 4.69) is 96.7 Å². The van der Waals surface area contributed by atoms with Crippen molar-refractivity contribution in [1.82, 2.24) is 46.1 Å². The van der Waals surface area contributed by atoms with Crippen LogP contribution in [0.15, 0.2) is 102 Å². The Labute approximate surface area is 265 Å². The van der Waals surface area contributed by atoms with E-state index in [1.165, 1.54) is 0 Å². The van der Waals surface area contributed by atoms with Gasteiger partial charge in [-0.05, 0) is 50.2 Å². The van der Waals surface area contributed by atoms with Gasteiger partial charge >= 0.3 is 0 Å². The lowest BCUT2D eigenvalue weighted by molar-refractivity contribution is -0.127. The number of aliphatic imine (C=N–C) groups is 1. The third kappa shape index (κ3) is 5.94. The summed E-state index contributed by atoms with van der Waals surface area (Å²) in [5.74, 6) is 2.01. The van der Waals surface area contributed by atoms with Crippen LogP contribution in [-0.2, 0) is 17.8 Å². The Balaban J connectivity index is 1.07. The van der Waals surface area contributed by atoms with Crippen molar-refractivity contribution in [3.8, 4) is 45.0 Å². The number of benzene rings is 4. The smallest absolute Gasteiger partial charge is 0.253 e. The molecule has 0 radical (unpaired) electrons. The lowest BCUT2D eigenvalue weighted by atomic mass is 9.97. The largest absolute Gasteiger partial charge is 0.294 e. The molecule has 46 heavy (non-hydrogen) atoms. The first-order chi connectivity index (χ1) is 22.7. The Morgan fingerprint density at radius 3 is 1.70 bits per heavy atom. The van der Waals surface area contributed by atoms with E-state index in [9.17, 15) is 4.79 Å². The van der Waals surface area contributed by atoms with Crippen LogP contribution < -0.4 is 0 Å². The molecule has 1 unspecified atom stereocenters. The molecule has 11 nitrogen and oxygen atoms in total. The third-order valence-corrected chi connectivity index (χ3v) is 8.25. The summed E-state index contributed by atoms with van der Waals surface area (Å²) >= 11 is 0. The van der Waals surface area contributed by atoms with Crippen molar-refractivity contribution in [2.45, 2.75) is 45.2 Å². The average Bonchev–Trinajstić information content (AvgIpc) is 3.89. The Kier molecular flexibility index (Phi) is 8.19. The summed E-state index contributed by atoms with van der Waals surface area (Å²) in [6.07, 6.45) is 3.34. The molecule has 7 rings (SSSR count). The second-order valence-electron chi connectivity index (χ2n) is 11.2. The maximum absolute atomic E-state index is 13.8. The van der Waals surface area contributed by atoms with Gasteiger partial charge in [0.2, 0.25) is 11.6 Å². The fraction of sp³-hybridized carbons (Fsp3) is 0.200. The molecule has 2 aromatic heterocycles. The maximum Gasteiger partial charge on any atom is 0.253 e. The first-order valence-electron chi connectivity index (χ1n) is 15.4. The van der Waals surface area contributed by atoms with Gasteiger partial charge in [-0.15, -0.1) is 20.4 Å².